The van der Waals surface area contributed by atoms with Gasteiger partial charge in [0.2, 0.25) is 0 Å². The van der Waals surface area contributed by atoms with Crippen molar-refractivity contribution in [2.24, 2.45) is 7.05 Å². The van der Waals surface area contributed by atoms with Crippen molar-refractivity contribution in [3.63, 3.8) is 0 Å². The molecule has 0 saturated heterocycles. The molecule has 0 radical (unpaired) electrons. The second kappa shape index (κ2) is 4.74. The van der Waals surface area contributed by atoms with E-state index in [1.165, 1.54) is 6.07 Å². The number of carbonyl (C=O) groups is 1. The molecular weight excluding hydrogens is 234 g/mol. The third kappa shape index (κ3) is 2.40. The van der Waals surface area contributed by atoms with Crippen molar-refractivity contribution in [1.82, 2.24) is 14.8 Å². The Kier molecular flexibility index (Phi) is 3.13. The molecule has 0 bridgehead atoms. The zero-order valence-electron chi connectivity index (χ0n) is 9.79. The number of nitrogens with one attached hydrogen (secondary N) is 1. The van der Waals surface area contributed by atoms with E-state index in [1.807, 2.05) is 7.05 Å². The van der Waals surface area contributed by atoms with E-state index in [9.17, 15) is 4.79 Å². The van der Waals surface area contributed by atoms with Gasteiger partial charge >= 0.3 is 5.97 Å². The molecule has 4 N–H and O–H groups in total. The highest BCUT2D eigenvalue weighted by molar-refractivity contribution is 5.94. The Hall–Kier alpha value is -2.57. The van der Waals surface area contributed by atoms with Gasteiger partial charge in [0.1, 0.15) is 6.33 Å². The van der Waals surface area contributed by atoms with E-state index in [1.54, 1.807) is 23.0 Å². The number of aromatic nitrogens is 3. The molecule has 0 aliphatic rings. The van der Waals surface area contributed by atoms with Crippen molar-refractivity contribution < 1.29 is 9.90 Å². The van der Waals surface area contributed by atoms with Gasteiger partial charge in [0, 0.05) is 18.4 Å². The van der Waals surface area contributed by atoms with Crippen molar-refractivity contribution in [3.05, 3.63) is 35.9 Å². The summed E-state index contributed by atoms with van der Waals surface area (Å²) in [6, 6.07) is 4.77. The van der Waals surface area contributed by atoms with Crippen molar-refractivity contribution in [2.45, 2.75) is 6.54 Å². The Morgan fingerprint density at radius 2 is 2.33 bits per heavy atom. The number of aromatic carboxylic acids is 1. The van der Waals surface area contributed by atoms with E-state index in [4.69, 9.17) is 10.8 Å². The number of nitrogens with two attached hydrogens (primary N) is 1. The quantitative estimate of drug-likeness (QED) is 0.687. The van der Waals surface area contributed by atoms with Crippen LogP contribution in [-0.4, -0.2) is 25.8 Å². The van der Waals surface area contributed by atoms with Crippen LogP contribution < -0.4 is 11.1 Å². The summed E-state index contributed by atoms with van der Waals surface area (Å²) in [6.45, 7) is 0.458. The first-order valence-electron chi connectivity index (χ1n) is 5.27. The first-order chi connectivity index (χ1) is 8.58. The van der Waals surface area contributed by atoms with Gasteiger partial charge in [-0.25, -0.2) is 4.79 Å². The van der Waals surface area contributed by atoms with Crippen LogP contribution in [0.1, 0.15) is 16.2 Å². The summed E-state index contributed by atoms with van der Waals surface area (Å²) < 4.78 is 1.78. The maximum Gasteiger partial charge on any atom is 0.337 e. The van der Waals surface area contributed by atoms with Crippen LogP contribution in [0.4, 0.5) is 11.4 Å². The van der Waals surface area contributed by atoms with Crippen LogP contribution >= 0.6 is 0 Å². The van der Waals surface area contributed by atoms with Crippen LogP contribution in [0.15, 0.2) is 24.5 Å². The lowest BCUT2D eigenvalue weighted by molar-refractivity contribution is 0.0698. The van der Waals surface area contributed by atoms with Crippen molar-refractivity contribution in [2.75, 3.05) is 11.1 Å². The summed E-state index contributed by atoms with van der Waals surface area (Å²) >= 11 is 0. The molecule has 1 aromatic carbocycles. The van der Waals surface area contributed by atoms with Crippen LogP contribution in [0.5, 0.6) is 0 Å². The normalized spacial score (nSPS) is 10.3. The fourth-order valence-electron chi connectivity index (χ4n) is 1.50. The maximum absolute atomic E-state index is 10.9. The predicted octanol–water partition coefficient (Wildman–Crippen LogP) is 0.708. The minimum atomic E-state index is -1.05. The van der Waals surface area contributed by atoms with Gasteiger partial charge in [-0.05, 0) is 18.2 Å². The van der Waals surface area contributed by atoms with E-state index in [2.05, 4.69) is 15.5 Å². The van der Waals surface area contributed by atoms with Gasteiger partial charge in [-0.1, -0.05) is 0 Å². The first kappa shape index (κ1) is 11.9. The number of anilines is 2. The predicted molar refractivity (Wildman–Crippen MR) is 66.1 cm³/mol. The standard InChI is InChI=1S/C11H13N5O2/c1-16-6-14-15-10(16)5-13-7-2-3-9(12)8(4-7)11(17)18/h2-4,6,13H,5,12H2,1H3,(H,17,18). The second-order valence-electron chi connectivity index (χ2n) is 3.82. The molecule has 0 amide bonds. The van der Waals surface area contributed by atoms with Crippen LogP contribution in [0, 0.1) is 0 Å². The molecule has 0 unspecified atom stereocenters. The van der Waals surface area contributed by atoms with Gasteiger partial charge in [0.05, 0.1) is 12.1 Å². The minimum Gasteiger partial charge on any atom is -0.478 e. The average Bonchev–Trinajstić information content (AvgIpc) is 2.73. The lowest BCUT2D eigenvalue weighted by Crippen LogP contribution is -2.07. The Morgan fingerprint density at radius 3 is 2.94 bits per heavy atom. The Labute approximate surface area is 103 Å². The van der Waals surface area contributed by atoms with Crippen LogP contribution in [0.2, 0.25) is 0 Å². The zero-order valence-corrected chi connectivity index (χ0v) is 9.79. The third-order valence-electron chi connectivity index (χ3n) is 2.54. The lowest BCUT2D eigenvalue weighted by atomic mass is 10.1. The lowest BCUT2D eigenvalue weighted by Gasteiger charge is -2.08. The molecule has 94 valence electrons. The van der Waals surface area contributed by atoms with E-state index >= 15 is 0 Å². The molecule has 7 nitrogen and oxygen atoms in total. The number of hydrogen-bond donors (Lipinski definition) is 3. The number of aryl methyl sites for hydroxylation is 1. The fourth-order valence-corrected chi connectivity index (χ4v) is 1.50. The molecule has 7 heteroatoms. The summed E-state index contributed by atoms with van der Waals surface area (Å²) in [5.41, 5.74) is 6.56. The average molecular weight is 247 g/mol. The van der Waals surface area contributed by atoms with Crippen molar-refractivity contribution >= 4 is 17.3 Å². The molecule has 2 aromatic rings. The van der Waals surface area contributed by atoms with Gasteiger partial charge in [-0.2, -0.15) is 0 Å². The molecule has 0 aliphatic heterocycles. The summed E-state index contributed by atoms with van der Waals surface area (Å²) in [7, 11) is 1.84. The monoisotopic (exact) mass is 247 g/mol. The van der Waals surface area contributed by atoms with E-state index < -0.39 is 5.97 Å². The number of nitrogens with zero attached hydrogens (tertiary/aromatic N) is 3. The van der Waals surface area contributed by atoms with Crippen molar-refractivity contribution in [1.29, 1.82) is 0 Å². The Morgan fingerprint density at radius 1 is 1.56 bits per heavy atom. The van der Waals surface area contributed by atoms with Gasteiger partial charge in [0.15, 0.2) is 5.82 Å². The Bertz CT molecular complexity index is 579. The summed E-state index contributed by atoms with van der Waals surface area (Å²) in [6.07, 6.45) is 1.60. The Balaban J connectivity index is 2.13. The van der Waals surface area contributed by atoms with Gasteiger partial charge in [0.25, 0.3) is 0 Å². The first-order valence-corrected chi connectivity index (χ1v) is 5.27. The number of carboxylic acid groups (broad SMARTS) is 1. The zero-order chi connectivity index (χ0) is 13.1. The molecule has 1 aromatic heterocycles. The molecule has 0 atom stereocenters. The highest BCUT2D eigenvalue weighted by Crippen LogP contribution is 2.18. The number of carboxylic acids is 1. The smallest absolute Gasteiger partial charge is 0.337 e. The summed E-state index contributed by atoms with van der Waals surface area (Å²) in [4.78, 5) is 10.9. The molecule has 18 heavy (non-hydrogen) atoms. The largest absolute Gasteiger partial charge is 0.478 e. The van der Waals surface area contributed by atoms with E-state index in [0.29, 0.717) is 12.2 Å². The maximum atomic E-state index is 10.9. The summed E-state index contributed by atoms with van der Waals surface area (Å²) in [5.74, 6) is -0.293. The molecule has 2 rings (SSSR count). The minimum absolute atomic E-state index is 0.0814. The molecule has 0 spiro atoms. The van der Waals surface area contributed by atoms with Gasteiger partial charge in [-0.15, -0.1) is 10.2 Å². The van der Waals surface area contributed by atoms with Gasteiger partial charge < -0.3 is 20.7 Å². The third-order valence-corrected chi connectivity index (χ3v) is 2.54. The molecule has 0 fully saturated rings. The number of hydrogen-bond acceptors (Lipinski definition) is 5. The number of nitrogen functional groups attached to an aromatic ring is 1. The van der Waals surface area contributed by atoms with Crippen LogP contribution in [0.3, 0.4) is 0 Å². The van der Waals surface area contributed by atoms with Crippen molar-refractivity contribution in [3.8, 4) is 0 Å². The fraction of sp³-hybridized carbons (Fsp3) is 0.182. The van der Waals surface area contributed by atoms with Gasteiger partial charge in [-0.3, -0.25) is 0 Å². The van der Waals surface area contributed by atoms with E-state index in [-0.39, 0.29) is 11.3 Å². The summed E-state index contributed by atoms with van der Waals surface area (Å²) in [5, 5.41) is 19.7. The SMILES string of the molecule is Cn1cnnc1CNc1ccc(N)c(C(=O)O)c1. The number of rotatable bonds is 4. The molecule has 0 aliphatic carbocycles. The van der Waals surface area contributed by atoms with Crippen LogP contribution in [0.25, 0.3) is 0 Å². The molecule has 1 heterocycles. The second-order valence-corrected chi connectivity index (χ2v) is 3.82. The highest BCUT2D eigenvalue weighted by atomic mass is 16.4. The molecule has 0 saturated carbocycles. The highest BCUT2D eigenvalue weighted by Gasteiger charge is 2.08. The van der Waals surface area contributed by atoms with E-state index in [0.717, 1.165) is 5.82 Å². The van der Waals surface area contributed by atoms with Crippen LogP contribution in [-0.2, 0) is 13.6 Å². The topological polar surface area (TPSA) is 106 Å². The number of benzene rings is 1. The molecular formula is C11H13N5O2.